The maximum atomic E-state index is 10.8. The predicted octanol–water partition coefficient (Wildman–Crippen LogP) is 0.991. The highest BCUT2D eigenvalue weighted by molar-refractivity contribution is 5.86. The van der Waals surface area contributed by atoms with Crippen molar-refractivity contribution in [3.63, 3.8) is 0 Å². The van der Waals surface area contributed by atoms with Crippen LogP contribution in [-0.4, -0.2) is 20.7 Å². The molecule has 0 spiro atoms. The summed E-state index contributed by atoms with van der Waals surface area (Å²) in [5, 5.41) is 6.64. The summed E-state index contributed by atoms with van der Waals surface area (Å²) in [5.41, 5.74) is -0.172. The van der Waals surface area contributed by atoms with E-state index in [4.69, 9.17) is 0 Å². The van der Waals surface area contributed by atoms with E-state index in [2.05, 4.69) is 15.4 Å². The first-order valence-corrected chi connectivity index (χ1v) is 4.09. The first-order chi connectivity index (χ1) is 5.91. The smallest absolute Gasteiger partial charge is 0.228 e. The van der Waals surface area contributed by atoms with Gasteiger partial charge >= 0.3 is 0 Å². The number of amides is 1. The Hall–Kier alpha value is -1.39. The Labute approximate surface area is 77.2 Å². The normalized spacial score (nSPS) is 11.4. The summed E-state index contributed by atoms with van der Waals surface area (Å²) >= 11 is 0. The fraction of sp³-hybridized carbons (Fsp3) is 0.625. The maximum Gasteiger partial charge on any atom is 0.228 e. The summed E-state index contributed by atoms with van der Waals surface area (Å²) in [6, 6.07) is 0. The number of anilines is 1. The fourth-order valence-electron chi connectivity index (χ4n) is 0.975. The molecule has 1 aromatic heterocycles. The van der Waals surface area contributed by atoms with E-state index in [0.29, 0.717) is 5.95 Å². The average Bonchev–Trinajstić information content (AvgIpc) is 2.31. The van der Waals surface area contributed by atoms with Gasteiger partial charge in [0.1, 0.15) is 6.33 Å². The molecule has 0 aliphatic carbocycles. The Morgan fingerprint density at radius 3 is 2.62 bits per heavy atom. The van der Waals surface area contributed by atoms with Crippen molar-refractivity contribution in [2.24, 2.45) is 0 Å². The standard InChI is InChI=1S/C8H14N4O/c1-6(13)11-7-9-5-10-12(7)8(2,3)4/h5H,1-4H3,(H,9,10,11,13). The van der Waals surface area contributed by atoms with Crippen LogP contribution < -0.4 is 5.32 Å². The minimum Gasteiger partial charge on any atom is -0.295 e. The molecule has 1 heterocycles. The lowest BCUT2D eigenvalue weighted by atomic mass is 10.1. The molecule has 0 radical (unpaired) electrons. The van der Waals surface area contributed by atoms with Crippen LogP contribution in [0.2, 0.25) is 0 Å². The second-order valence-corrected chi connectivity index (χ2v) is 3.85. The van der Waals surface area contributed by atoms with Crippen LogP contribution in [-0.2, 0) is 10.3 Å². The van der Waals surface area contributed by atoms with Crippen LogP contribution in [0.25, 0.3) is 0 Å². The van der Waals surface area contributed by atoms with Crippen molar-refractivity contribution in [1.29, 1.82) is 0 Å². The van der Waals surface area contributed by atoms with Crippen LogP contribution in [0, 0.1) is 0 Å². The molecule has 1 N–H and O–H groups in total. The minimum absolute atomic E-state index is 0.140. The molecular weight excluding hydrogens is 168 g/mol. The van der Waals surface area contributed by atoms with Crippen LogP contribution >= 0.6 is 0 Å². The first kappa shape index (κ1) is 9.70. The molecule has 0 saturated heterocycles. The number of nitrogens with one attached hydrogen (secondary N) is 1. The predicted molar refractivity (Wildman–Crippen MR) is 49.3 cm³/mol. The highest BCUT2D eigenvalue weighted by atomic mass is 16.1. The number of carbonyl (C=O) groups is 1. The van der Waals surface area contributed by atoms with E-state index in [1.54, 1.807) is 4.68 Å². The van der Waals surface area contributed by atoms with Crippen molar-refractivity contribution in [3.05, 3.63) is 6.33 Å². The minimum atomic E-state index is -0.172. The van der Waals surface area contributed by atoms with E-state index in [9.17, 15) is 4.79 Å². The molecule has 1 aromatic rings. The molecule has 0 atom stereocenters. The Balaban J connectivity index is 2.96. The van der Waals surface area contributed by atoms with Crippen molar-refractivity contribution in [2.45, 2.75) is 33.2 Å². The van der Waals surface area contributed by atoms with E-state index in [-0.39, 0.29) is 11.4 Å². The lowest BCUT2D eigenvalue weighted by Gasteiger charge is -2.20. The zero-order valence-electron chi connectivity index (χ0n) is 8.33. The second kappa shape index (κ2) is 3.16. The van der Waals surface area contributed by atoms with Gasteiger partial charge in [0.15, 0.2) is 0 Å². The molecule has 0 aromatic carbocycles. The number of hydrogen-bond donors (Lipinski definition) is 1. The third-order valence-corrected chi connectivity index (χ3v) is 1.47. The number of rotatable bonds is 1. The van der Waals surface area contributed by atoms with Gasteiger partial charge in [-0.05, 0) is 20.8 Å². The number of nitrogens with zero attached hydrogens (tertiary/aromatic N) is 3. The quantitative estimate of drug-likeness (QED) is 0.704. The van der Waals surface area contributed by atoms with Crippen molar-refractivity contribution >= 4 is 11.9 Å². The third-order valence-electron chi connectivity index (χ3n) is 1.47. The number of carbonyl (C=O) groups excluding carboxylic acids is 1. The van der Waals surface area contributed by atoms with Crippen molar-refractivity contribution in [1.82, 2.24) is 14.8 Å². The monoisotopic (exact) mass is 182 g/mol. The molecule has 1 rings (SSSR count). The van der Waals surface area contributed by atoms with Crippen LogP contribution in [0.15, 0.2) is 6.33 Å². The van der Waals surface area contributed by atoms with Crippen LogP contribution in [0.3, 0.4) is 0 Å². The Morgan fingerprint density at radius 2 is 2.15 bits per heavy atom. The van der Waals surface area contributed by atoms with E-state index in [0.717, 1.165) is 0 Å². The van der Waals surface area contributed by atoms with Crippen molar-refractivity contribution in [3.8, 4) is 0 Å². The molecule has 0 aliphatic heterocycles. The van der Waals surface area contributed by atoms with Gasteiger partial charge in [0.25, 0.3) is 0 Å². The van der Waals surface area contributed by atoms with Crippen LogP contribution in [0.5, 0.6) is 0 Å². The molecule has 1 amide bonds. The topological polar surface area (TPSA) is 59.8 Å². The molecule has 0 aliphatic rings. The van der Waals surface area contributed by atoms with Gasteiger partial charge in [0.2, 0.25) is 11.9 Å². The Bertz CT molecular complexity index is 310. The molecular formula is C8H14N4O. The highest BCUT2D eigenvalue weighted by Gasteiger charge is 2.18. The first-order valence-electron chi connectivity index (χ1n) is 4.09. The van der Waals surface area contributed by atoms with E-state index >= 15 is 0 Å². The SMILES string of the molecule is CC(=O)Nc1ncnn1C(C)(C)C. The molecule has 72 valence electrons. The van der Waals surface area contributed by atoms with Gasteiger partial charge < -0.3 is 0 Å². The van der Waals surface area contributed by atoms with Gasteiger partial charge in [-0.1, -0.05) is 0 Å². The highest BCUT2D eigenvalue weighted by Crippen LogP contribution is 2.16. The maximum absolute atomic E-state index is 10.8. The zero-order chi connectivity index (χ0) is 10.1. The summed E-state index contributed by atoms with van der Waals surface area (Å²) in [4.78, 5) is 14.7. The summed E-state index contributed by atoms with van der Waals surface area (Å²) in [7, 11) is 0. The van der Waals surface area contributed by atoms with Crippen LogP contribution in [0.1, 0.15) is 27.7 Å². The number of hydrogen-bond acceptors (Lipinski definition) is 3. The molecule has 13 heavy (non-hydrogen) atoms. The van der Waals surface area contributed by atoms with E-state index in [1.807, 2.05) is 20.8 Å². The average molecular weight is 182 g/mol. The second-order valence-electron chi connectivity index (χ2n) is 3.85. The Kier molecular flexibility index (Phi) is 2.36. The van der Waals surface area contributed by atoms with E-state index in [1.165, 1.54) is 13.3 Å². The Morgan fingerprint density at radius 1 is 1.54 bits per heavy atom. The summed E-state index contributed by atoms with van der Waals surface area (Å²) in [6.07, 6.45) is 1.43. The molecule has 0 saturated carbocycles. The van der Waals surface area contributed by atoms with Gasteiger partial charge in [-0.2, -0.15) is 10.1 Å². The summed E-state index contributed by atoms with van der Waals surface area (Å²) in [5.74, 6) is 0.346. The fourth-order valence-corrected chi connectivity index (χ4v) is 0.975. The van der Waals surface area contributed by atoms with Gasteiger partial charge in [-0.3, -0.25) is 10.1 Å². The van der Waals surface area contributed by atoms with Gasteiger partial charge in [-0.15, -0.1) is 0 Å². The van der Waals surface area contributed by atoms with Crippen molar-refractivity contribution in [2.75, 3.05) is 5.32 Å². The third kappa shape index (κ3) is 2.27. The lowest BCUT2D eigenvalue weighted by molar-refractivity contribution is -0.114. The van der Waals surface area contributed by atoms with Crippen molar-refractivity contribution < 1.29 is 4.79 Å². The molecule has 0 unspecified atom stereocenters. The van der Waals surface area contributed by atoms with Crippen LogP contribution in [0.4, 0.5) is 5.95 Å². The zero-order valence-corrected chi connectivity index (χ0v) is 8.33. The summed E-state index contributed by atoms with van der Waals surface area (Å²) < 4.78 is 1.67. The molecule has 5 heteroatoms. The van der Waals surface area contributed by atoms with Gasteiger partial charge in [0, 0.05) is 6.92 Å². The molecule has 5 nitrogen and oxygen atoms in total. The number of aromatic nitrogens is 3. The van der Waals surface area contributed by atoms with Gasteiger partial charge in [-0.25, -0.2) is 4.68 Å². The largest absolute Gasteiger partial charge is 0.295 e. The molecule has 0 bridgehead atoms. The van der Waals surface area contributed by atoms with Gasteiger partial charge in [0.05, 0.1) is 5.54 Å². The molecule has 0 fully saturated rings. The van der Waals surface area contributed by atoms with E-state index < -0.39 is 0 Å². The summed E-state index contributed by atoms with van der Waals surface area (Å²) in [6.45, 7) is 7.43. The lowest BCUT2D eigenvalue weighted by Crippen LogP contribution is -2.26.